The predicted molar refractivity (Wildman–Crippen MR) is 76.2 cm³/mol. The zero-order chi connectivity index (χ0) is 13.4. The summed E-state index contributed by atoms with van der Waals surface area (Å²) in [6.07, 6.45) is 9.44. The first-order valence-corrected chi connectivity index (χ1v) is 7.60. The molecule has 3 nitrogen and oxygen atoms in total. The van der Waals surface area contributed by atoms with Crippen LogP contribution in [0.3, 0.4) is 0 Å². The van der Waals surface area contributed by atoms with Gasteiger partial charge in [0.1, 0.15) is 0 Å². The molecule has 1 atom stereocenters. The van der Waals surface area contributed by atoms with Gasteiger partial charge in [-0.05, 0) is 24.7 Å². The van der Waals surface area contributed by atoms with E-state index in [1.807, 2.05) is 0 Å². The van der Waals surface area contributed by atoms with Gasteiger partial charge in [-0.3, -0.25) is 4.79 Å². The molecule has 0 heterocycles. The maximum Gasteiger partial charge on any atom is 0.220 e. The predicted octanol–water partition coefficient (Wildman–Crippen LogP) is 2.84. The van der Waals surface area contributed by atoms with Crippen LogP contribution < -0.4 is 11.1 Å². The van der Waals surface area contributed by atoms with Gasteiger partial charge in [0.05, 0.1) is 0 Å². The fraction of sp³-hybridized carbons (Fsp3) is 0.933. The zero-order valence-electron chi connectivity index (χ0n) is 12.1. The van der Waals surface area contributed by atoms with E-state index in [0.717, 1.165) is 18.8 Å². The smallest absolute Gasteiger partial charge is 0.220 e. The lowest BCUT2D eigenvalue weighted by atomic mass is 9.86. The van der Waals surface area contributed by atoms with Crippen LogP contribution in [0.4, 0.5) is 0 Å². The van der Waals surface area contributed by atoms with Gasteiger partial charge >= 0.3 is 0 Å². The van der Waals surface area contributed by atoms with Crippen LogP contribution in [0.2, 0.25) is 0 Å². The SMILES string of the molecule is CC(C)CC(N)CNC(=O)CCC1CCCCC1. The first kappa shape index (κ1) is 15.5. The van der Waals surface area contributed by atoms with E-state index >= 15 is 0 Å². The molecule has 18 heavy (non-hydrogen) atoms. The Bertz CT molecular complexity index is 235. The van der Waals surface area contributed by atoms with Gasteiger partial charge in [0, 0.05) is 19.0 Å². The summed E-state index contributed by atoms with van der Waals surface area (Å²) in [5.41, 5.74) is 5.95. The average Bonchev–Trinajstić information content (AvgIpc) is 2.34. The van der Waals surface area contributed by atoms with Gasteiger partial charge in [0.25, 0.3) is 0 Å². The highest BCUT2D eigenvalue weighted by Gasteiger charge is 2.15. The molecule has 1 aliphatic carbocycles. The molecule has 1 unspecified atom stereocenters. The summed E-state index contributed by atoms with van der Waals surface area (Å²) < 4.78 is 0. The number of carbonyl (C=O) groups is 1. The minimum atomic E-state index is 0.101. The first-order chi connectivity index (χ1) is 8.58. The molecule has 3 heteroatoms. The molecule has 1 fully saturated rings. The topological polar surface area (TPSA) is 55.1 Å². The molecule has 0 saturated heterocycles. The normalized spacial score (nSPS) is 18.9. The van der Waals surface area contributed by atoms with Crippen molar-refractivity contribution >= 4 is 5.91 Å². The van der Waals surface area contributed by atoms with Crippen molar-refractivity contribution in [1.82, 2.24) is 5.32 Å². The highest BCUT2D eigenvalue weighted by molar-refractivity contribution is 5.75. The maximum absolute atomic E-state index is 11.7. The number of hydrogen-bond acceptors (Lipinski definition) is 2. The third-order valence-electron chi connectivity index (χ3n) is 3.84. The molecular formula is C15H30N2O. The molecule has 3 N–H and O–H groups in total. The third-order valence-corrected chi connectivity index (χ3v) is 3.84. The Morgan fingerprint density at radius 2 is 1.94 bits per heavy atom. The van der Waals surface area contributed by atoms with Crippen LogP contribution in [0.25, 0.3) is 0 Å². The molecule has 106 valence electrons. The Hall–Kier alpha value is -0.570. The van der Waals surface area contributed by atoms with Crippen LogP contribution in [0.15, 0.2) is 0 Å². The van der Waals surface area contributed by atoms with Crippen LogP contribution >= 0.6 is 0 Å². The van der Waals surface area contributed by atoms with Gasteiger partial charge in [-0.25, -0.2) is 0 Å². The third kappa shape index (κ3) is 7.00. The minimum absolute atomic E-state index is 0.101. The zero-order valence-corrected chi connectivity index (χ0v) is 12.1. The van der Waals surface area contributed by atoms with Gasteiger partial charge in [0.15, 0.2) is 0 Å². The van der Waals surface area contributed by atoms with Crippen molar-refractivity contribution in [2.45, 2.75) is 71.3 Å². The number of nitrogens with two attached hydrogens (primary N) is 1. The Labute approximate surface area is 112 Å². The van der Waals surface area contributed by atoms with E-state index in [-0.39, 0.29) is 11.9 Å². The van der Waals surface area contributed by atoms with Gasteiger partial charge in [-0.2, -0.15) is 0 Å². The van der Waals surface area contributed by atoms with E-state index in [9.17, 15) is 4.79 Å². The van der Waals surface area contributed by atoms with Crippen LogP contribution in [0, 0.1) is 11.8 Å². The average molecular weight is 254 g/mol. The summed E-state index contributed by atoms with van der Waals surface area (Å²) in [6.45, 7) is 4.94. The Morgan fingerprint density at radius 1 is 1.28 bits per heavy atom. The van der Waals surface area contributed by atoms with Crippen molar-refractivity contribution in [2.24, 2.45) is 17.6 Å². The lowest BCUT2D eigenvalue weighted by molar-refractivity contribution is -0.121. The molecule has 0 aromatic carbocycles. The second kappa shape index (κ2) is 8.52. The van der Waals surface area contributed by atoms with Gasteiger partial charge in [-0.15, -0.1) is 0 Å². The van der Waals surface area contributed by atoms with Crippen LogP contribution in [-0.2, 0) is 4.79 Å². The van der Waals surface area contributed by atoms with Crippen molar-refractivity contribution < 1.29 is 4.79 Å². The number of carbonyl (C=O) groups excluding carboxylic acids is 1. The Kier molecular flexibility index (Phi) is 7.33. The van der Waals surface area contributed by atoms with Crippen LogP contribution in [0.5, 0.6) is 0 Å². The summed E-state index contributed by atoms with van der Waals surface area (Å²) in [6, 6.07) is 0.101. The highest BCUT2D eigenvalue weighted by atomic mass is 16.1. The standard InChI is InChI=1S/C15H30N2O/c1-12(2)10-14(16)11-17-15(18)9-8-13-6-4-3-5-7-13/h12-14H,3-11,16H2,1-2H3,(H,17,18). The molecule has 1 rings (SSSR count). The molecule has 1 amide bonds. The van der Waals surface area contributed by atoms with Crippen molar-refractivity contribution in [2.75, 3.05) is 6.54 Å². The molecule has 0 aliphatic heterocycles. The van der Waals surface area contributed by atoms with E-state index in [1.54, 1.807) is 0 Å². The van der Waals surface area contributed by atoms with Gasteiger partial charge in [0.2, 0.25) is 5.91 Å². The lowest BCUT2D eigenvalue weighted by Gasteiger charge is -2.21. The van der Waals surface area contributed by atoms with E-state index in [4.69, 9.17) is 5.73 Å². The van der Waals surface area contributed by atoms with Gasteiger partial charge < -0.3 is 11.1 Å². The molecule has 1 aliphatic rings. The van der Waals surface area contributed by atoms with Gasteiger partial charge in [-0.1, -0.05) is 46.0 Å². The van der Waals surface area contributed by atoms with Crippen molar-refractivity contribution in [3.05, 3.63) is 0 Å². The molecule has 0 bridgehead atoms. The summed E-state index contributed by atoms with van der Waals surface area (Å²) in [7, 11) is 0. The first-order valence-electron chi connectivity index (χ1n) is 7.60. The van der Waals surface area contributed by atoms with Crippen LogP contribution in [-0.4, -0.2) is 18.5 Å². The summed E-state index contributed by atoms with van der Waals surface area (Å²) in [5, 5.41) is 2.96. The minimum Gasteiger partial charge on any atom is -0.355 e. The second-order valence-corrected chi connectivity index (χ2v) is 6.24. The summed E-state index contributed by atoms with van der Waals surface area (Å²) >= 11 is 0. The largest absolute Gasteiger partial charge is 0.355 e. The van der Waals surface area contributed by atoms with Crippen molar-refractivity contribution in [3.8, 4) is 0 Å². The Balaban J connectivity index is 2.06. The highest BCUT2D eigenvalue weighted by Crippen LogP contribution is 2.27. The molecular weight excluding hydrogens is 224 g/mol. The fourth-order valence-electron chi connectivity index (χ4n) is 2.83. The number of hydrogen-bond donors (Lipinski definition) is 2. The quantitative estimate of drug-likeness (QED) is 0.734. The van der Waals surface area contributed by atoms with E-state index in [0.29, 0.717) is 18.9 Å². The molecule has 0 aromatic heterocycles. The van der Waals surface area contributed by atoms with Crippen molar-refractivity contribution in [1.29, 1.82) is 0 Å². The van der Waals surface area contributed by atoms with E-state index in [1.165, 1.54) is 32.1 Å². The number of amides is 1. The molecule has 0 aromatic rings. The van der Waals surface area contributed by atoms with E-state index < -0.39 is 0 Å². The van der Waals surface area contributed by atoms with Crippen molar-refractivity contribution in [3.63, 3.8) is 0 Å². The number of rotatable bonds is 7. The monoisotopic (exact) mass is 254 g/mol. The van der Waals surface area contributed by atoms with Crippen LogP contribution in [0.1, 0.15) is 65.2 Å². The summed E-state index contributed by atoms with van der Waals surface area (Å²) in [5.74, 6) is 1.56. The number of nitrogens with one attached hydrogen (secondary N) is 1. The molecule has 0 spiro atoms. The molecule has 1 saturated carbocycles. The Morgan fingerprint density at radius 3 is 2.56 bits per heavy atom. The summed E-state index contributed by atoms with van der Waals surface area (Å²) in [4.78, 5) is 11.7. The van der Waals surface area contributed by atoms with E-state index in [2.05, 4.69) is 19.2 Å². The lowest BCUT2D eigenvalue weighted by Crippen LogP contribution is -2.38. The second-order valence-electron chi connectivity index (χ2n) is 6.24. The fourth-order valence-corrected chi connectivity index (χ4v) is 2.83. The molecule has 0 radical (unpaired) electrons. The maximum atomic E-state index is 11.7.